The molecule has 0 aliphatic heterocycles. The molecule has 1 aliphatic carbocycles. The fraction of sp³-hybridized carbons (Fsp3) is 0.500. The van der Waals surface area contributed by atoms with Crippen LogP contribution in [-0.4, -0.2) is 7.05 Å². The van der Waals surface area contributed by atoms with Gasteiger partial charge in [-0.1, -0.05) is 28.9 Å². The Bertz CT molecular complexity index is 360. The van der Waals surface area contributed by atoms with E-state index < -0.39 is 0 Å². The van der Waals surface area contributed by atoms with Crippen LogP contribution in [0.3, 0.4) is 0 Å². The van der Waals surface area contributed by atoms with Crippen LogP contribution in [-0.2, 0) is 6.42 Å². The number of hydrogen-bond acceptors (Lipinski definition) is 1. The van der Waals surface area contributed by atoms with Gasteiger partial charge in [0.25, 0.3) is 0 Å². The fourth-order valence-electron chi connectivity index (χ4n) is 2.48. The molecule has 0 radical (unpaired) electrons. The zero-order chi connectivity index (χ0) is 10.3. The highest BCUT2D eigenvalue weighted by atomic mass is 79.9. The normalized spacial score (nSPS) is 25.1. The van der Waals surface area contributed by atoms with Gasteiger partial charge in [-0.3, -0.25) is 0 Å². The van der Waals surface area contributed by atoms with Gasteiger partial charge in [-0.25, -0.2) is 0 Å². The van der Waals surface area contributed by atoms with Crippen molar-refractivity contribution in [3.63, 3.8) is 0 Å². The van der Waals surface area contributed by atoms with Gasteiger partial charge in [-0.05, 0) is 49.1 Å². The predicted octanol–water partition coefficient (Wildman–Crippen LogP) is 3.21. The van der Waals surface area contributed by atoms with E-state index >= 15 is 0 Å². The molecule has 1 aliphatic rings. The first-order valence-electron chi connectivity index (χ1n) is 5.09. The average Bonchev–Trinajstić information content (AvgIpc) is 2.41. The third-order valence-electron chi connectivity index (χ3n) is 3.12. The van der Waals surface area contributed by atoms with Crippen LogP contribution in [0, 0.1) is 12.8 Å². The molecule has 2 rings (SSSR count). The Balaban J connectivity index is 2.53. The predicted molar refractivity (Wildman–Crippen MR) is 63.5 cm³/mol. The molecule has 2 unspecified atom stereocenters. The second-order valence-electron chi connectivity index (χ2n) is 4.26. The standard InChI is InChI=1S/C12H16BrN/c1-7-4-10-9(11(13)5-7)6-8(2)12(10)14-3/h4-5,8,12,14H,6H2,1-3H3. The minimum absolute atomic E-state index is 0.529. The van der Waals surface area contributed by atoms with Gasteiger partial charge in [-0.15, -0.1) is 0 Å². The van der Waals surface area contributed by atoms with Crippen LogP contribution in [0.1, 0.15) is 29.7 Å². The maximum atomic E-state index is 3.65. The van der Waals surface area contributed by atoms with E-state index in [9.17, 15) is 0 Å². The molecule has 1 nitrogen and oxygen atoms in total. The highest BCUT2D eigenvalue weighted by Gasteiger charge is 2.29. The lowest BCUT2D eigenvalue weighted by molar-refractivity contribution is 0.446. The second kappa shape index (κ2) is 3.67. The lowest BCUT2D eigenvalue weighted by atomic mass is 10.0. The number of fused-ring (bicyclic) bond motifs is 1. The summed E-state index contributed by atoms with van der Waals surface area (Å²) < 4.78 is 1.28. The van der Waals surface area contributed by atoms with E-state index in [0.29, 0.717) is 12.0 Å². The van der Waals surface area contributed by atoms with E-state index in [1.54, 1.807) is 0 Å². The first-order chi connectivity index (χ1) is 6.63. The van der Waals surface area contributed by atoms with Gasteiger partial charge in [0.05, 0.1) is 0 Å². The van der Waals surface area contributed by atoms with Gasteiger partial charge in [0.2, 0.25) is 0 Å². The topological polar surface area (TPSA) is 12.0 Å². The van der Waals surface area contributed by atoms with Crippen LogP contribution in [0.4, 0.5) is 0 Å². The molecule has 14 heavy (non-hydrogen) atoms. The zero-order valence-electron chi connectivity index (χ0n) is 8.89. The maximum absolute atomic E-state index is 3.65. The van der Waals surface area contributed by atoms with E-state index in [0.717, 1.165) is 0 Å². The van der Waals surface area contributed by atoms with Gasteiger partial charge < -0.3 is 5.32 Å². The van der Waals surface area contributed by atoms with Gasteiger partial charge in [-0.2, -0.15) is 0 Å². The molecule has 2 heteroatoms. The highest BCUT2D eigenvalue weighted by Crippen LogP contribution is 2.39. The Hall–Kier alpha value is -0.340. The van der Waals surface area contributed by atoms with E-state index in [2.05, 4.69) is 47.2 Å². The first-order valence-corrected chi connectivity index (χ1v) is 5.89. The number of aryl methyl sites for hydroxylation is 1. The Morgan fingerprint density at radius 2 is 2.14 bits per heavy atom. The highest BCUT2D eigenvalue weighted by molar-refractivity contribution is 9.10. The molecule has 0 saturated carbocycles. The third kappa shape index (κ3) is 1.51. The molecule has 1 aromatic rings. The molecule has 0 fully saturated rings. The summed E-state index contributed by atoms with van der Waals surface area (Å²) in [5.74, 6) is 0.702. The molecule has 2 atom stereocenters. The number of halogens is 1. The SMILES string of the molecule is CNC1c2cc(C)cc(Br)c2CC1C. The molecule has 0 heterocycles. The van der Waals surface area contributed by atoms with Crippen molar-refractivity contribution in [1.82, 2.24) is 5.32 Å². The molecule has 0 bridgehead atoms. The van der Waals surface area contributed by atoms with E-state index in [1.807, 2.05) is 7.05 Å². The summed E-state index contributed by atoms with van der Waals surface area (Å²) in [4.78, 5) is 0. The van der Waals surface area contributed by atoms with Crippen molar-refractivity contribution in [3.05, 3.63) is 33.3 Å². The lowest BCUT2D eigenvalue weighted by Crippen LogP contribution is -2.19. The van der Waals surface area contributed by atoms with Crippen LogP contribution in [0.2, 0.25) is 0 Å². The van der Waals surface area contributed by atoms with Gasteiger partial charge in [0.1, 0.15) is 0 Å². The number of benzene rings is 1. The summed E-state index contributed by atoms with van der Waals surface area (Å²) in [6.07, 6.45) is 1.18. The molecule has 0 spiro atoms. The summed E-state index contributed by atoms with van der Waals surface area (Å²) in [7, 11) is 2.05. The van der Waals surface area contributed by atoms with Gasteiger partial charge in [0, 0.05) is 10.5 Å². The molecular formula is C12H16BrN. The van der Waals surface area contributed by atoms with E-state index in [4.69, 9.17) is 0 Å². The summed E-state index contributed by atoms with van der Waals surface area (Å²) in [6.45, 7) is 4.46. The fourth-order valence-corrected chi connectivity index (χ4v) is 3.23. The van der Waals surface area contributed by atoms with E-state index in [-0.39, 0.29) is 0 Å². The van der Waals surface area contributed by atoms with Crippen molar-refractivity contribution in [3.8, 4) is 0 Å². The van der Waals surface area contributed by atoms with E-state index in [1.165, 1.54) is 27.6 Å². The third-order valence-corrected chi connectivity index (χ3v) is 3.82. The minimum atomic E-state index is 0.529. The molecule has 1 aromatic carbocycles. The Labute approximate surface area is 94.0 Å². The van der Waals surface area contributed by atoms with Crippen molar-refractivity contribution >= 4 is 15.9 Å². The summed E-state index contributed by atoms with van der Waals surface area (Å²) in [6, 6.07) is 5.05. The van der Waals surface area contributed by atoms with Crippen LogP contribution in [0.15, 0.2) is 16.6 Å². The summed E-state index contributed by atoms with van der Waals surface area (Å²) in [5.41, 5.74) is 4.30. The van der Waals surface area contributed by atoms with Crippen LogP contribution < -0.4 is 5.32 Å². The van der Waals surface area contributed by atoms with Crippen molar-refractivity contribution in [1.29, 1.82) is 0 Å². The summed E-state index contributed by atoms with van der Waals surface area (Å²) in [5, 5.41) is 3.40. The Morgan fingerprint density at radius 1 is 1.43 bits per heavy atom. The summed E-state index contributed by atoms with van der Waals surface area (Å²) >= 11 is 3.65. The number of rotatable bonds is 1. The Kier molecular flexibility index (Phi) is 2.67. The van der Waals surface area contributed by atoms with Crippen LogP contribution in [0.5, 0.6) is 0 Å². The van der Waals surface area contributed by atoms with Crippen LogP contribution in [0.25, 0.3) is 0 Å². The Morgan fingerprint density at radius 3 is 2.79 bits per heavy atom. The van der Waals surface area contributed by atoms with Crippen molar-refractivity contribution in [2.45, 2.75) is 26.3 Å². The molecule has 76 valence electrons. The largest absolute Gasteiger partial charge is 0.313 e. The molecule has 1 N–H and O–H groups in total. The maximum Gasteiger partial charge on any atom is 0.0349 e. The monoisotopic (exact) mass is 253 g/mol. The smallest absolute Gasteiger partial charge is 0.0349 e. The molecule has 0 amide bonds. The average molecular weight is 254 g/mol. The second-order valence-corrected chi connectivity index (χ2v) is 5.12. The number of hydrogen-bond donors (Lipinski definition) is 1. The quantitative estimate of drug-likeness (QED) is 0.811. The zero-order valence-corrected chi connectivity index (χ0v) is 10.5. The van der Waals surface area contributed by atoms with Crippen molar-refractivity contribution < 1.29 is 0 Å². The molecule has 0 aromatic heterocycles. The van der Waals surface area contributed by atoms with Gasteiger partial charge >= 0.3 is 0 Å². The van der Waals surface area contributed by atoms with Crippen molar-refractivity contribution in [2.24, 2.45) is 5.92 Å². The van der Waals surface area contributed by atoms with Crippen LogP contribution >= 0.6 is 15.9 Å². The van der Waals surface area contributed by atoms with Gasteiger partial charge in [0.15, 0.2) is 0 Å². The van der Waals surface area contributed by atoms with Crippen molar-refractivity contribution in [2.75, 3.05) is 7.05 Å². The molecular weight excluding hydrogens is 238 g/mol. The molecule has 0 saturated heterocycles. The first kappa shape index (κ1) is 10.2. The lowest BCUT2D eigenvalue weighted by Gasteiger charge is -2.15. The minimum Gasteiger partial charge on any atom is -0.313 e. The number of nitrogens with one attached hydrogen (secondary N) is 1.